The van der Waals surface area contributed by atoms with Gasteiger partial charge in [-0.25, -0.2) is 4.39 Å². The van der Waals surface area contributed by atoms with Gasteiger partial charge in [0.05, 0.1) is 13.2 Å². The van der Waals surface area contributed by atoms with Gasteiger partial charge in [0.2, 0.25) is 0 Å². The molecule has 1 saturated heterocycles. The number of hydrogen-bond acceptors (Lipinski definition) is 4. The second-order valence-corrected chi connectivity index (χ2v) is 6.10. The van der Waals surface area contributed by atoms with E-state index in [1.54, 1.807) is 26.1 Å². The van der Waals surface area contributed by atoms with Crippen molar-refractivity contribution in [2.75, 3.05) is 59.5 Å². The zero-order valence-electron chi connectivity index (χ0n) is 15.9. The SMILES string of the molecule is CN=C(NCCNC(=O)c1ccc(C)c(F)c1)NCCN1CCOCC1.I. The molecule has 1 amide bonds. The fourth-order valence-electron chi connectivity index (χ4n) is 2.57. The maximum atomic E-state index is 13.5. The Kier molecular flexibility index (Phi) is 11.2. The first kappa shape index (κ1) is 23.6. The Labute approximate surface area is 177 Å². The predicted molar refractivity (Wildman–Crippen MR) is 116 cm³/mol. The Morgan fingerprint density at radius 3 is 2.52 bits per heavy atom. The second-order valence-electron chi connectivity index (χ2n) is 6.10. The summed E-state index contributed by atoms with van der Waals surface area (Å²) in [6.07, 6.45) is 0. The fraction of sp³-hybridized carbons (Fsp3) is 0.556. The van der Waals surface area contributed by atoms with Crippen LogP contribution in [0, 0.1) is 12.7 Å². The lowest BCUT2D eigenvalue weighted by molar-refractivity contribution is 0.0389. The van der Waals surface area contributed by atoms with Gasteiger partial charge in [0.1, 0.15) is 5.82 Å². The molecule has 1 aliphatic heterocycles. The third-order valence-electron chi connectivity index (χ3n) is 4.18. The molecule has 27 heavy (non-hydrogen) atoms. The average molecular weight is 493 g/mol. The lowest BCUT2D eigenvalue weighted by atomic mass is 10.1. The first-order valence-corrected chi connectivity index (χ1v) is 8.89. The topological polar surface area (TPSA) is 78.0 Å². The molecule has 1 fully saturated rings. The Balaban J connectivity index is 0.00000364. The van der Waals surface area contributed by atoms with Gasteiger partial charge in [-0.1, -0.05) is 6.07 Å². The number of benzene rings is 1. The number of halogens is 2. The van der Waals surface area contributed by atoms with Crippen molar-refractivity contribution >= 4 is 35.8 Å². The van der Waals surface area contributed by atoms with Gasteiger partial charge in [-0.05, 0) is 24.6 Å². The lowest BCUT2D eigenvalue weighted by Crippen LogP contribution is -2.45. The lowest BCUT2D eigenvalue weighted by Gasteiger charge is -2.26. The van der Waals surface area contributed by atoms with E-state index in [4.69, 9.17) is 4.74 Å². The number of aliphatic imine (C=N–C) groups is 1. The van der Waals surface area contributed by atoms with E-state index in [-0.39, 0.29) is 35.7 Å². The molecule has 0 unspecified atom stereocenters. The molecule has 0 bridgehead atoms. The molecule has 152 valence electrons. The Hall–Kier alpha value is -1.46. The van der Waals surface area contributed by atoms with Crippen LogP contribution in [0.5, 0.6) is 0 Å². The standard InChI is InChI=1S/C18H28FN5O2.HI/c1-14-3-4-15(13-16(14)19)17(25)21-5-6-22-18(20-2)23-7-8-24-9-11-26-12-10-24;/h3-4,13H,5-12H2,1-2H3,(H,21,25)(H2,20,22,23);1H. The molecule has 1 aliphatic rings. The molecular formula is C18H29FIN5O2. The van der Waals surface area contributed by atoms with Crippen LogP contribution in [-0.4, -0.2) is 76.3 Å². The first-order valence-electron chi connectivity index (χ1n) is 8.89. The third kappa shape index (κ3) is 8.39. The molecule has 0 saturated carbocycles. The maximum Gasteiger partial charge on any atom is 0.251 e. The average Bonchev–Trinajstić information content (AvgIpc) is 2.66. The molecular weight excluding hydrogens is 464 g/mol. The number of rotatable bonds is 7. The molecule has 0 radical (unpaired) electrons. The Bertz CT molecular complexity index is 624. The highest BCUT2D eigenvalue weighted by atomic mass is 127. The van der Waals surface area contributed by atoms with Gasteiger partial charge in [0.25, 0.3) is 5.91 Å². The van der Waals surface area contributed by atoms with E-state index in [1.165, 1.54) is 6.07 Å². The van der Waals surface area contributed by atoms with Crippen LogP contribution in [0.2, 0.25) is 0 Å². The number of ether oxygens (including phenoxy) is 1. The van der Waals surface area contributed by atoms with Crippen LogP contribution in [0.3, 0.4) is 0 Å². The van der Waals surface area contributed by atoms with E-state index in [1.807, 2.05) is 0 Å². The normalized spacial score (nSPS) is 15.0. The second kappa shape index (κ2) is 12.8. The Morgan fingerprint density at radius 1 is 1.19 bits per heavy atom. The van der Waals surface area contributed by atoms with Gasteiger partial charge in [0, 0.05) is 51.9 Å². The van der Waals surface area contributed by atoms with E-state index in [2.05, 4.69) is 25.8 Å². The first-order chi connectivity index (χ1) is 12.6. The minimum Gasteiger partial charge on any atom is -0.379 e. The van der Waals surface area contributed by atoms with Gasteiger partial charge in [0.15, 0.2) is 5.96 Å². The molecule has 7 nitrogen and oxygen atoms in total. The van der Waals surface area contributed by atoms with Gasteiger partial charge in [-0.15, -0.1) is 24.0 Å². The number of morpholine rings is 1. The van der Waals surface area contributed by atoms with Gasteiger partial charge in [-0.3, -0.25) is 14.7 Å². The highest BCUT2D eigenvalue weighted by molar-refractivity contribution is 14.0. The summed E-state index contributed by atoms with van der Waals surface area (Å²) in [6.45, 7) is 7.82. The number of aryl methyl sites for hydroxylation is 1. The molecule has 0 atom stereocenters. The number of nitrogens with one attached hydrogen (secondary N) is 3. The van der Waals surface area contributed by atoms with E-state index in [0.29, 0.717) is 30.2 Å². The minimum absolute atomic E-state index is 0. The van der Waals surface area contributed by atoms with Crippen LogP contribution < -0.4 is 16.0 Å². The molecule has 3 N–H and O–H groups in total. The fourth-order valence-corrected chi connectivity index (χ4v) is 2.57. The van der Waals surface area contributed by atoms with Crippen LogP contribution in [0.15, 0.2) is 23.2 Å². The minimum atomic E-state index is -0.374. The summed E-state index contributed by atoms with van der Waals surface area (Å²) < 4.78 is 18.8. The van der Waals surface area contributed by atoms with Crippen LogP contribution in [0.25, 0.3) is 0 Å². The number of hydrogen-bond donors (Lipinski definition) is 3. The monoisotopic (exact) mass is 493 g/mol. The highest BCUT2D eigenvalue weighted by Crippen LogP contribution is 2.08. The summed E-state index contributed by atoms with van der Waals surface area (Å²) >= 11 is 0. The molecule has 1 aromatic carbocycles. The molecule has 0 aliphatic carbocycles. The zero-order chi connectivity index (χ0) is 18.8. The van der Waals surface area contributed by atoms with E-state index >= 15 is 0 Å². The van der Waals surface area contributed by atoms with E-state index < -0.39 is 0 Å². The van der Waals surface area contributed by atoms with Gasteiger partial charge >= 0.3 is 0 Å². The Morgan fingerprint density at radius 2 is 1.85 bits per heavy atom. The summed E-state index contributed by atoms with van der Waals surface area (Å²) in [4.78, 5) is 18.5. The summed E-state index contributed by atoms with van der Waals surface area (Å²) in [5, 5.41) is 9.15. The molecule has 0 spiro atoms. The molecule has 1 heterocycles. The van der Waals surface area contributed by atoms with E-state index in [0.717, 1.165) is 39.4 Å². The van der Waals surface area contributed by atoms with Crippen LogP contribution >= 0.6 is 24.0 Å². The van der Waals surface area contributed by atoms with Crippen molar-refractivity contribution < 1.29 is 13.9 Å². The molecule has 0 aromatic heterocycles. The summed E-state index contributed by atoms with van der Waals surface area (Å²) in [7, 11) is 1.71. The predicted octanol–water partition coefficient (Wildman–Crippen LogP) is 0.979. The van der Waals surface area contributed by atoms with Crippen molar-refractivity contribution in [2.24, 2.45) is 4.99 Å². The smallest absolute Gasteiger partial charge is 0.251 e. The summed E-state index contributed by atoms with van der Waals surface area (Å²) in [5.41, 5.74) is 0.844. The molecule has 9 heteroatoms. The number of carbonyl (C=O) groups excluding carboxylic acids is 1. The van der Waals surface area contributed by atoms with Crippen molar-refractivity contribution in [2.45, 2.75) is 6.92 Å². The maximum absolute atomic E-state index is 13.5. The summed E-state index contributed by atoms with van der Waals surface area (Å²) in [5.74, 6) is 0.0236. The van der Waals surface area contributed by atoms with Crippen molar-refractivity contribution in [3.63, 3.8) is 0 Å². The van der Waals surface area contributed by atoms with Crippen molar-refractivity contribution in [1.82, 2.24) is 20.9 Å². The van der Waals surface area contributed by atoms with Crippen LogP contribution in [0.1, 0.15) is 15.9 Å². The van der Waals surface area contributed by atoms with E-state index in [9.17, 15) is 9.18 Å². The van der Waals surface area contributed by atoms with Gasteiger partial charge < -0.3 is 20.7 Å². The highest BCUT2D eigenvalue weighted by Gasteiger charge is 2.10. The number of nitrogens with zero attached hydrogens (tertiary/aromatic N) is 2. The molecule has 1 aromatic rings. The number of guanidine groups is 1. The largest absolute Gasteiger partial charge is 0.379 e. The van der Waals surface area contributed by atoms with Crippen molar-refractivity contribution in [3.8, 4) is 0 Å². The quantitative estimate of drug-likeness (QED) is 0.229. The van der Waals surface area contributed by atoms with Crippen molar-refractivity contribution in [3.05, 3.63) is 35.1 Å². The number of carbonyl (C=O) groups is 1. The number of amides is 1. The third-order valence-corrected chi connectivity index (χ3v) is 4.18. The molecule has 2 rings (SSSR count). The van der Waals surface area contributed by atoms with Gasteiger partial charge in [-0.2, -0.15) is 0 Å². The summed E-state index contributed by atoms with van der Waals surface area (Å²) in [6, 6.07) is 4.47. The zero-order valence-corrected chi connectivity index (χ0v) is 18.2. The van der Waals surface area contributed by atoms with Crippen molar-refractivity contribution in [1.29, 1.82) is 0 Å². The van der Waals surface area contributed by atoms with Crippen LogP contribution in [-0.2, 0) is 4.74 Å². The van der Waals surface area contributed by atoms with Crippen LogP contribution in [0.4, 0.5) is 4.39 Å².